The number of rotatable bonds is 7. The number of anilines is 1. The van der Waals surface area contributed by atoms with Crippen LogP contribution < -0.4 is 20.6 Å². The minimum Gasteiger partial charge on any atom is -0.455 e. The molecule has 0 atom stereocenters. The van der Waals surface area contributed by atoms with Gasteiger partial charge in [-0.15, -0.1) is 0 Å². The van der Waals surface area contributed by atoms with Crippen LogP contribution in [0.2, 0.25) is 0 Å². The average Bonchev–Trinajstić information content (AvgIpc) is 2.83. The van der Waals surface area contributed by atoms with Crippen molar-refractivity contribution in [1.82, 2.24) is 9.13 Å². The van der Waals surface area contributed by atoms with Crippen LogP contribution in [0, 0.1) is 0 Å². The first-order valence-electron chi connectivity index (χ1n) is 10.8. The van der Waals surface area contributed by atoms with Gasteiger partial charge in [0.2, 0.25) is 0 Å². The van der Waals surface area contributed by atoms with E-state index < -0.39 is 21.1 Å². The highest BCUT2D eigenvalue weighted by molar-refractivity contribution is 7.92. The Hall–Kier alpha value is -3.85. The fraction of sp³-hybridized carbons (Fsp3) is 0.200. The van der Waals surface area contributed by atoms with E-state index in [-0.39, 0.29) is 16.3 Å². The molecular weight excluding hydrogens is 454 g/mol. The molecule has 0 spiro atoms. The van der Waals surface area contributed by atoms with Crippen LogP contribution in [0.4, 0.5) is 5.69 Å². The van der Waals surface area contributed by atoms with Crippen molar-refractivity contribution in [3.05, 3.63) is 93.0 Å². The number of para-hydroxylation sites is 1. The SMILES string of the molecule is CCCc1ccc(S(=O)(=O)Nc2cc3c(cc2Oc2ccccc2)n(C)c(=O)c(=O)n3C)cc1. The Morgan fingerprint density at radius 1 is 0.853 bits per heavy atom. The zero-order chi connectivity index (χ0) is 24.5. The van der Waals surface area contributed by atoms with Crippen LogP contribution in [0.25, 0.3) is 11.0 Å². The zero-order valence-electron chi connectivity index (χ0n) is 19.1. The van der Waals surface area contributed by atoms with Crippen molar-refractivity contribution in [2.24, 2.45) is 14.1 Å². The van der Waals surface area contributed by atoms with Crippen molar-refractivity contribution in [2.75, 3.05) is 4.72 Å². The molecule has 8 nitrogen and oxygen atoms in total. The van der Waals surface area contributed by atoms with Gasteiger partial charge in [0.1, 0.15) is 5.75 Å². The molecule has 0 aliphatic rings. The Balaban J connectivity index is 1.86. The van der Waals surface area contributed by atoms with E-state index >= 15 is 0 Å². The average molecular weight is 480 g/mol. The Bertz CT molecular complexity index is 1570. The molecule has 0 aliphatic heterocycles. The first-order valence-corrected chi connectivity index (χ1v) is 12.3. The maximum Gasteiger partial charge on any atom is 0.316 e. The lowest BCUT2D eigenvalue weighted by atomic mass is 10.1. The summed E-state index contributed by atoms with van der Waals surface area (Å²) in [5, 5.41) is 0. The van der Waals surface area contributed by atoms with Crippen molar-refractivity contribution < 1.29 is 13.2 Å². The fourth-order valence-electron chi connectivity index (χ4n) is 3.71. The number of nitrogens with one attached hydrogen (secondary N) is 1. The number of benzene rings is 3. The van der Waals surface area contributed by atoms with E-state index in [2.05, 4.69) is 11.6 Å². The van der Waals surface area contributed by atoms with Gasteiger partial charge in [-0.05, 0) is 42.3 Å². The zero-order valence-corrected chi connectivity index (χ0v) is 19.9. The van der Waals surface area contributed by atoms with Gasteiger partial charge in [-0.2, -0.15) is 0 Å². The summed E-state index contributed by atoms with van der Waals surface area (Å²) >= 11 is 0. The molecule has 9 heteroatoms. The first kappa shape index (κ1) is 23.3. The summed E-state index contributed by atoms with van der Waals surface area (Å²) in [5.74, 6) is 0.680. The molecule has 0 saturated carbocycles. The number of ether oxygens (including phenoxy) is 1. The quantitative estimate of drug-likeness (QED) is 0.407. The Morgan fingerprint density at radius 3 is 2.03 bits per heavy atom. The molecule has 0 fully saturated rings. The maximum atomic E-state index is 13.2. The van der Waals surface area contributed by atoms with Crippen molar-refractivity contribution in [2.45, 2.75) is 24.7 Å². The van der Waals surface area contributed by atoms with E-state index in [9.17, 15) is 18.0 Å². The number of hydrogen-bond acceptors (Lipinski definition) is 5. The number of aromatic nitrogens is 2. The molecule has 4 rings (SSSR count). The summed E-state index contributed by atoms with van der Waals surface area (Å²) < 4.78 is 37.4. The van der Waals surface area contributed by atoms with Crippen LogP contribution in [0.15, 0.2) is 81.2 Å². The summed E-state index contributed by atoms with van der Waals surface area (Å²) in [5.41, 5.74) is 0.584. The predicted octanol–water partition coefficient (Wildman–Crippen LogP) is 3.78. The molecule has 1 heterocycles. The second-order valence-electron chi connectivity index (χ2n) is 7.98. The number of aryl methyl sites for hydroxylation is 3. The van der Waals surface area contributed by atoms with Gasteiger partial charge in [0.05, 0.1) is 21.6 Å². The highest BCUT2D eigenvalue weighted by Gasteiger charge is 2.20. The van der Waals surface area contributed by atoms with Gasteiger partial charge >= 0.3 is 11.1 Å². The van der Waals surface area contributed by atoms with Crippen LogP contribution in [0.5, 0.6) is 11.5 Å². The first-order chi connectivity index (χ1) is 16.2. The second-order valence-corrected chi connectivity index (χ2v) is 9.66. The van der Waals surface area contributed by atoms with Gasteiger partial charge in [-0.1, -0.05) is 43.7 Å². The van der Waals surface area contributed by atoms with Gasteiger partial charge in [0.15, 0.2) is 5.75 Å². The molecular formula is C25H25N3O5S. The topological polar surface area (TPSA) is 99.4 Å². The number of fused-ring (bicyclic) bond motifs is 1. The molecule has 0 aliphatic carbocycles. The Morgan fingerprint density at radius 2 is 1.44 bits per heavy atom. The molecule has 34 heavy (non-hydrogen) atoms. The third kappa shape index (κ3) is 4.47. The monoisotopic (exact) mass is 479 g/mol. The predicted molar refractivity (Wildman–Crippen MR) is 132 cm³/mol. The van der Waals surface area contributed by atoms with E-state index in [0.29, 0.717) is 16.8 Å². The molecule has 176 valence electrons. The molecule has 3 aromatic carbocycles. The summed E-state index contributed by atoms with van der Waals surface area (Å²) in [6.45, 7) is 2.06. The lowest BCUT2D eigenvalue weighted by Crippen LogP contribution is -2.39. The minimum atomic E-state index is -3.96. The summed E-state index contributed by atoms with van der Waals surface area (Å²) in [6, 6.07) is 18.6. The molecule has 0 amide bonds. The van der Waals surface area contributed by atoms with Gasteiger partial charge < -0.3 is 13.9 Å². The van der Waals surface area contributed by atoms with E-state index in [4.69, 9.17) is 4.74 Å². The molecule has 1 N–H and O–H groups in total. The van der Waals surface area contributed by atoms with Gasteiger partial charge in [0.25, 0.3) is 10.0 Å². The lowest BCUT2D eigenvalue weighted by Gasteiger charge is -2.17. The Kier molecular flexibility index (Phi) is 6.30. The van der Waals surface area contributed by atoms with Crippen LogP contribution >= 0.6 is 0 Å². The smallest absolute Gasteiger partial charge is 0.316 e. The summed E-state index contributed by atoms with van der Waals surface area (Å²) in [7, 11) is -1.00. The van der Waals surface area contributed by atoms with Crippen LogP contribution in [0.1, 0.15) is 18.9 Å². The molecule has 4 aromatic rings. The van der Waals surface area contributed by atoms with Crippen LogP contribution in [0.3, 0.4) is 0 Å². The molecule has 1 aromatic heterocycles. The minimum absolute atomic E-state index is 0.104. The number of sulfonamides is 1. The number of nitrogens with zero attached hydrogens (tertiary/aromatic N) is 2. The molecule has 0 unspecified atom stereocenters. The molecule has 0 saturated heterocycles. The largest absolute Gasteiger partial charge is 0.455 e. The van der Waals surface area contributed by atoms with Gasteiger partial charge in [0, 0.05) is 20.2 Å². The normalized spacial score (nSPS) is 11.5. The van der Waals surface area contributed by atoms with Crippen molar-refractivity contribution in [3.8, 4) is 11.5 Å². The van der Waals surface area contributed by atoms with Crippen molar-refractivity contribution >= 4 is 26.7 Å². The van der Waals surface area contributed by atoms with E-state index in [1.54, 1.807) is 54.6 Å². The van der Waals surface area contributed by atoms with Crippen molar-refractivity contribution in [3.63, 3.8) is 0 Å². The van der Waals surface area contributed by atoms with E-state index in [0.717, 1.165) is 18.4 Å². The van der Waals surface area contributed by atoms with E-state index in [1.807, 2.05) is 6.07 Å². The summed E-state index contributed by atoms with van der Waals surface area (Å²) in [6.07, 6.45) is 1.82. The highest BCUT2D eigenvalue weighted by atomic mass is 32.2. The van der Waals surface area contributed by atoms with E-state index in [1.165, 1.54) is 29.3 Å². The second kappa shape index (κ2) is 9.18. The third-order valence-electron chi connectivity index (χ3n) is 5.58. The lowest BCUT2D eigenvalue weighted by molar-refractivity contribution is 0.485. The maximum absolute atomic E-state index is 13.2. The summed E-state index contributed by atoms with van der Waals surface area (Å²) in [4.78, 5) is 24.8. The Labute approximate surface area is 197 Å². The molecule has 0 radical (unpaired) electrons. The number of hydrogen-bond donors (Lipinski definition) is 1. The van der Waals surface area contributed by atoms with Crippen LogP contribution in [-0.4, -0.2) is 17.6 Å². The highest BCUT2D eigenvalue weighted by Crippen LogP contribution is 2.34. The van der Waals surface area contributed by atoms with Gasteiger partial charge in [-0.25, -0.2) is 8.42 Å². The van der Waals surface area contributed by atoms with Crippen LogP contribution in [-0.2, 0) is 30.5 Å². The molecule has 0 bridgehead atoms. The third-order valence-corrected chi connectivity index (χ3v) is 6.96. The fourth-order valence-corrected chi connectivity index (χ4v) is 4.77. The standard InChI is InChI=1S/C25H25N3O5S/c1-4-8-17-11-13-19(14-12-17)34(31,32)26-20-15-21-22(28(3)25(30)24(29)27(21)2)16-23(20)33-18-9-6-5-7-10-18/h5-7,9-16,26H,4,8H2,1-3H3. The van der Waals surface area contributed by atoms with Crippen molar-refractivity contribution in [1.29, 1.82) is 0 Å². The van der Waals surface area contributed by atoms with Gasteiger partial charge in [-0.3, -0.25) is 14.3 Å².